The molecule has 0 saturated carbocycles. The maximum atomic E-state index is 14.8. The van der Waals surface area contributed by atoms with Gasteiger partial charge in [0, 0.05) is 11.3 Å². The van der Waals surface area contributed by atoms with Crippen LogP contribution in [0.1, 0.15) is 25.5 Å². The second-order valence-electron chi connectivity index (χ2n) is 7.08. The van der Waals surface area contributed by atoms with E-state index in [0.29, 0.717) is 11.0 Å². The zero-order valence-electron chi connectivity index (χ0n) is 16.1. The highest BCUT2D eigenvalue weighted by Crippen LogP contribution is 2.49. The third-order valence-electron chi connectivity index (χ3n) is 5.35. The van der Waals surface area contributed by atoms with Crippen molar-refractivity contribution in [1.29, 1.82) is 0 Å². The molecule has 9 heteroatoms. The van der Waals surface area contributed by atoms with Crippen LogP contribution in [0.2, 0.25) is 0 Å². The van der Waals surface area contributed by atoms with Gasteiger partial charge in [-0.15, -0.1) is 0 Å². The van der Waals surface area contributed by atoms with Crippen molar-refractivity contribution in [2.24, 2.45) is 5.41 Å². The molecule has 1 aromatic heterocycles. The van der Waals surface area contributed by atoms with Gasteiger partial charge in [-0.2, -0.15) is 0 Å². The predicted octanol–water partition coefficient (Wildman–Crippen LogP) is 3.07. The number of aromatic amines is 1. The van der Waals surface area contributed by atoms with Crippen molar-refractivity contribution in [1.82, 2.24) is 9.97 Å². The average Bonchev–Trinajstić information content (AvgIpc) is 3.27. The maximum Gasteiger partial charge on any atom is 0.322 e. The molecule has 2 unspecified atom stereocenters. The molecule has 7 nitrogen and oxygen atoms in total. The molecular formula is C21H17F2N3O4. The summed E-state index contributed by atoms with van der Waals surface area (Å²) in [6.45, 7) is 2.71. The maximum absolute atomic E-state index is 14.8. The monoisotopic (exact) mass is 413 g/mol. The summed E-state index contributed by atoms with van der Waals surface area (Å²) in [4.78, 5) is 46.8. The number of nitrogens with zero attached hydrogens (tertiary/aromatic N) is 2. The molecule has 1 aliphatic heterocycles. The first-order valence-electron chi connectivity index (χ1n) is 9.23. The third kappa shape index (κ3) is 2.69. The average molecular weight is 413 g/mol. The summed E-state index contributed by atoms with van der Waals surface area (Å²) in [6, 6.07) is 6.66. The van der Waals surface area contributed by atoms with Crippen LogP contribution in [0.15, 0.2) is 42.7 Å². The molecule has 0 spiro atoms. The number of H-pyrrole nitrogens is 1. The zero-order valence-corrected chi connectivity index (χ0v) is 16.1. The van der Waals surface area contributed by atoms with Crippen LogP contribution in [0.5, 0.6) is 0 Å². The SMILES string of the molecule is CCOC(=O)C1(C)C(=O)C(=O)N(c2ccc3[nH]cnc3c2)C1c1cccc(F)c1F. The number of Topliss-reactive ketones (excluding diaryl/α,β-unsaturated/α-hetero) is 1. The predicted molar refractivity (Wildman–Crippen MR) is 102 cm³/mol. The molecule has 30 heavy (non-hydrogen) atoms. The van der Waals surface area contributed by atoms with Gasteiger partial charge in [-0.1, -0.05) is 12.1 Å². The van der Waals surface area contributed by atoms with Crippen molar-refractivity contribution < 1.29 is 27.9 Å². The first-order chi connectivity index (χ1) is 14.3. The van der Waals surface area contributed by atoms with Crippen LogP contribution < -0.4 is 4.90 Å². The van der Waals surface area contributed by atoms with E-state index in [1.165, 1.54) is 37.5 Å². The number of esters is 1. The van der Waals surface area contributed by atoms with Gasteiger partial charge in [-0.25, -0.2) is 13.8 Å². The Bertz CT molecular complexity index is 1190. The van der Waals surface area contributed by atoms with E-state index >= 15 is 0 Å². The van der Waals surface area contributed by atoms with E-state index in [1.807, 2.05) is 0 Å². The standard InChI is InChI=1S/C21H17F2N3O4/c1-3-30-20(29)21(2)17(12-5-4-6-13(22)16(12)23)26(19(28)18(21)27)11-7-8-14-15(9-11)25-10-24-14/h4-10,17H,3H2,1-2H3,(H,24,25). The molecular weight excluding hydrogens is 396 g/mol. The minimum Gasteiger partial charge on any atom is -0.465 e. The Morgan fingerprint density at radius 2 is 2.03 bits per heavy atom. The highest BCUT2D eigenvalue weighted by molar-refractivity contribution is 6.49. The fraction of sp³-hybridized carbons (Fsp3) is 0.238. The Kier molecular flexibility index (Phi) is 4.60. The summed E-state index contributed by atoms with van der Waals surface area (Å²) in [6.07, 6.45) is 1.46. The number of benzene rings is 2. The lowest BCUT2D eigenvalue weighted by Gasteiger charge is -2.32. The number of imidazole rings is 1. The van der Waals surface area contributed by atoms with Crippen molar-refractivity contribution in [3.63, 3.8) is 0 Å². The number of halogens is 2. The number of aromatic nitrogens is 2. The number of ether oxygens (including phenoxy) is 1. The van der Waals surface area contributed by atoms with Crippen LogP contribution in [0.4, 0.5) is 14.5 Å². The van der Waals surface area contributed by atoms with Crippen molar-refractivity contribution >= 4 is 34.4 Å². The largest absolute Gasteiger partial charge is 0.465 e. The molecule has 1 aliphatic rings. The molecule has 2 heterocycles. The van der Waals surface area contributed by atoms with Gasteiger partial charge in [0.1, 0.15) is 0 Å². The van der Waals surface area contributed by atoms with E-state index in [2.05, 4.69) is 9.97 Å². The van der Waals surface area contributed by atoms with Crippen LogP contribution >= 0.6 is 0 Å². The minimum atomic E-state index is -2.07. The Morgan fingerprint density at radius 3 is 2.77 bits per heavy atom. The molecule has 1 saturated heterocycles. The lowest BCUT2D eigenvalue weighted by Crippen LogP contribution is -2.41. The van der Waals surface area contributed by atoms with Gasteiger partial charge < -0.3 is 9.72 Å². The number of hydrogen-bond acceptors (Lipinski definition) is 5. The first-order valence-corrected chi connectivity index (χ1v) is 9.23. The summed E-state index contributed by atoms with van der Waals surface area (Å²) in [5.41, 5.74) is -0.974. The van der Waals surface area contributed by atoms with Crippen molar-refractivity contribution in [3.8, 4) is 0 Å². The topological polar surface area (TPSA) is 92.4 Å². The van der Waals surface area contributed by atoms with E-state index < -0.39 is 40.8 Å². The number of nitrogens with one attached hydrogen (secondary N) is 1. The Labute approximate surface area is 169 Å². The van der Waals surface area contributed by atoms with Gasteiger partial charge in [0.05, 0.1) is 30.0 Å². The van der Waals surface area contributed by atoms with Crippen molar-refractivity contribution in [2.75, 3.05) is 11.5 Å². The van der Waals surface area contributed by atoms with Crippen LogP contribution in [-0.2, 0) is 19.1 Å². The van der Waals surface area contributed by atoms with E-state index in [4.69, 9.17) is 4.74 Å². The number of ketones is 1. The van der Waals surface area contributed by atoms with Crippen LogP contribution in [-0.4, -0.2) is 34.2 Å². The van der Waals surface area contributed by atoms with Crippen LogP contribution in [0, 0.1) is 17.0 Å². The van der Waals surface area contributed by atoms with E-state index in [9.17, 15) is 23.2 Å². The van der Waals surface area contributed by atoms with Gasteiger partial charge in [0.25, 0.3) is 5.91 Å². The Balaban J connectivity index is 1.97. The first kappa shape index (κ1) is 19.7. The van der Waals surface area contributed by atoms with E-state index in [-0.39, 0.29) is 17.9 Å². The van der Waals surface area contributed by atoms with Crippen LogP contribution in [0.3, 0.4) is 0 Å². The highest BCUT2D eigenvalue weighted by Gasteiger charge is 2.63. The molecule has 1 N–H and O–H groups in total. The number of anilines is 1. The number of carbonyl (C=O) groups is 3. The Hall–Kier alpha value is -3.62. The van der Waals surface area contributed by atoms with Crippen molar-refractivity contribution in [3.05, 3.63) is 59.9 Å². The molecule has 154 valence electrons. The summed E-state index contributed by atoms with van der Waals surface area (Å²) in [5.74, 6) is -5.47. The molecule has 2 atom stereocenters. The molecule has 1 fully saturated rings. The fourth-order valence-electron chi connectivity index (χ4n) is 3.83. The van der Waals surface area contributed by atoms with Gasteiger partial charge in [0.2, 0.25) is 5.78 Å². The summed E-state index contributed by atoms with van der Waals surface area (Å²) in [7, 11) is 0. The summed E-state index contributed by atoms with van der Waals surface area (Å²) >= 11 is 0. The molecule has 0 radical (unpaired) electrons. The van der Waals surface area contributed by atoms with Gasteiger partial charge in [-0.05, 0) is 38.1 Å². The molecule has 0 aliphatic carbocycles. The van der Waals surface area contributed by atoms with Gasteiger partial charge >= 0.3 is 5.97 Å². The smallest absolute Gasteiger partial charge is 0.322 e. The number of carbonyl (C=O) groups excluding carboxylic acids is 3. The third-order valence-corrected chi connectivity index (χ3v) is 5.35. The fourth-order valence-corrected chi connectivity index (χ4v) is 3.83. The van der Waals surface area contributed by atoms with E-state index in [1.54, 1.807) is 13.0 Å². The molecule has 1 amide bonds. The van der Waals surface area contributed by atoms with Gasteiger partial charge in [-0.3, -0.25) is 19.3 Å². The lowest BCUT2D eigenvalue weighted by atomic mass is 9.77. The van der Waals surface area contributed by atoms with Crippen LogP contribution in [0.25, 0.3) is 11.0 Å². The molecule has 3 aromatic rings. The van der Waals surface area contributed by atoms with E-state index in [0.717, 1.165) is 11.0 Å². The molecule has 4 rings (SSSR count). The second-order valence-corrected chi connectivity index (χ2v) is 7.08. The second kappa shape index (κ2) is 7.01. The minimum absolute atomic E-state index is 0.0481. The quantitative estimate of drug-likeness (QED) is 0.403. The normalized spacial score (nSPS) is 21.5. The lowest BCUT2D eigenvalue weighted by molar-refractivity contribution is -0.159. The van der Waals surface area contributed by atoms with Crippen molar-refractivity contribution in [2.45, 2.75) is 19.9 Å². The number of hydrogen-bond donors (Lipinski definition) is 1. The van der Waals surface area contributed by atoms with Gasteiger partial charge in [0.15, 0.2) is 17.0 Å². The number of rotatable bonds is 4. The zero-order chi connectivity index (χ0) is 21.6. The summed E-state index contributed by atoms with van der Waals surface area (Å²) in [5, 5.41) is 0. The highest BCUT2D eigenvalue weighted by atomic mass is 19.2. The Morgan fingerprint density at radius 1 is 1.27 bits per heavy atom. The summed E-state index contributed by atoms with van der Waals surface area (Å²) < 4.78 is 33.9. The number of amides is 1. The molecule has 2 aromatic carbocycles. The number of fused-ring (bicyclic) bond motifs is 1. The molecule has 0 bridgehead atoms.